The van der Waals surface area contributed by atoms with Gasteiger partial charge >= 0.3 is 5.97 Å². The molecule has 1 saturated heterocycles. The molecule has 0 spiro atoms. The van der Waals surface area contributed by atoms with Gasteiger partial charge in [-0.15, -0.1) is 0 Å². The van der Waals surface area contributed by atoms with Crippen molar-refractivity contribution in [2.24, 2.45) is 5.92 Å². The van der Waals surface area contributed by atoms with Crippen LogP contribution >= 0.6 is 0 Å². The van der Waals surface area contributed by atoms with Crippen molar-refractivity contribution < 1.29 is 27.9 Å². The lowest BCUT2D eigenvalue weighted by atomic mass is 9.96. The maximum atomic E-state index is 12.3. The maximum absolute atomic E-state index is 12.3. The van der Waals surface area contributed by atoms with Crippen molar-refractivity contribution in [1.29, 1.82) is 0 Å². The third kappa shape index (κ3) is 7.22. The van der Waals surface area contributed by atoms with Gasteiger partial charge in [-0.25, -0.2) is 0 Å². The molecule has 0 aromatic carbocycles. The summed E-state index contributed by atoms with van der Waals surface area (Å²) in [4.78, 5) is 24.2. The lowest BCUT2D eigenvalue weighted by Gasteiger charge is -2.45. The van der Waals surface area contributed by atoms with E-state index in [0.29, 0.717) is 6.42 Å². The molecule has 182 valence electrons. The van der Waals surface area contributed by atoms with Crippen LogP contribution in [-0.4, -0.2) is 60.4 Å². The van der Waals surface area contributed by atoms with Crippen molar-refractivity contribution in [3.8, 4) is 0 Å². The highest BCUT2D eigenvalue weighted by molar-refractivity contribution is 6.74. The van der Waals surface area contributed by atoms with E-state index in [1.54, 1.807) is 0 Å². The van der Waals surface area contributed by atoms with Crippen LogP contribution in [0.5, 0.6) is 0 Å². The molecule has 8 heteroatoms. The first-order valence-corrected chi connectivity index (χ1v) is 17.2. The second-order valence-corrected chi connectivity index (χ2v) is 21.5. The van der Waals surface area contributed by atoms with E-state index in [4.69, 9.17) is 18.3 Å². The highest BCUT2D eigenvalue weighted by atomic mass is 28.4. The summed E-state index contributed by atoms with van der Waals surface area (Å²) in [6.45, 7) is 23.7. The number of hydrogen-bond donors (Lipinski definition) is 0. The number of methoxy groups -OCH3 is 1. The maximum Gasteiger partial charge on any atom is 0.308 e. The van der Waals surface area contributed by atoms with Crippen LogP contribution in [0.2, 0.25) is 36.3 Å². The van der Waals surface area contributed by atoms with Crippen LogP contribution in [0, 0.1) is 5.92 Å². The second kappa shape index (κ2) is 10.2. The molecule has 6 nitrogen and oxygen atoms in total. The lowest BCUT2D eigenvalue weighted by molar-refractivity contribution is -0.146. The Morgan fingerprint density at radius 3 is 1.94 bits per heavy atom. The first kappa shape index (κ1) is 28.5. The number of hydrogen-bond acceptors (Lipinski definition) is 6. The van der Waals surface area contributed by atoms with Crippen molar-refractivity contribution in [3.05, 3.63) is 0 Å². The van der Waals surface area contributed by atoms with E-state index in [1.165, 1.54) is 7.11 Å². The minimum atomic E-state index is -2.22. The van der Waals surface area contributed by atoms with Crippen LogP contribution in [0.15, 0.2) is 0 Å². The van der Waals surface area contributed by atoms with Crippen LogP contribution in [0.1, 0.15) is 61.3 Å². The van der Waals surface area contributed by atoms with E-state index in [2.05, 4.69) is 74.7 Å². The zero-order valence-electron chi connectivity index (χ0n) is 21.8. The number of carbonyl (C=O) groups excluding carboxylic acids is 2. The molecule has 0 amide bonds. The quantitative estimate of drug-likeness (QED) is 0.256. The normalized spacial score (nSPS) is 25.2. The number of rotatable bonds is 9. The first-order valence-electron chi connectivity index (χ1n) is 11.4. The van der Waals surface area contributed by atoms with Gasteiger partial charge in [-0.1, -0.05) is 48.5 Å². The lowest BCUT2D eigenvalue weighted by Crippen LogP contribution is -2.55. The van der Waals surface area contributed by atoms with Gasteiger partial charge in [-0.3, -0.25) is 4.79 Å². The van der Waals surface area contributed by atoms with Crippen LogP contribution in [-0.2, 0) is 27.9 Å². The molecule has 1 heterocycles. The summed E-state index contributed by atoms with van der Waals surface area (Å²) in [5.74, 6) is -0.126. The van der Waals surface area contributed by atoms with E-state index in [9.17, 15) is 9.59 Å². The molecule has 0 radical (unpaired) electrons. The van der Waals surface area contributed by atoms with Gasteiger partial charge in [-0.2, -0.15) is 0 Å². The van der Waals surface area contributed by atoms with Gasteiger partial charge in [0.05, 0.1) is 25.7 Å². The summed E-state index contributed by atoms with van der Waals surface area (Å²) in [5, 5.41) is -0.0572. The zero-order chi connectivity index (χ0) is 24.4. The van der Waals surface area contributed by atoms with E-state index in [-0.39, 0.29) is 40.6 Å². The second-order valence-electron chi connectivity index (χ2n) is 12.0. The molecule has 0 N–H and O–H groups in total. The van der Waals surface area contributed by atoms with Crippen LogP contribution in [0.3, 0.4) is 0 Å². The largest absolute Gasteiger partial charge is 0.469 e. The van der Waals surface area contributed by atoms with E-state index in [0.717, 1.165) is 6.29 Å². The predicted molar refractivity (Wildman–Crippen MR) is 129 cm³/mol. The molecule has 1 fully saturated rings. The summed E-state index contributed by atoms with van der Waals surface area (Å²) < 4.78 is 24.5. The van der Waals surface area contributed by atoms with Crippen molar-refractivity contribution in [2.75, 3.05) is 7.11 Å². The molecule has 1 rings (SSSR count). The smallest absolute Gasteiger partial charge is 0.308 e. The monoisotopic (exact) mass is 474 g/mol. The van der Waals surface area contributed by atoms with Crippen molar-refractivity contribution >= 4 is 28.9 Å². The highest BCUT2D eigenvalue weighted by Gasteiger charge is 2.49. The molecule has 0 unspecified atom stereocenters. The summed E-state index contributed by atoms with van der Waals surface area (Å²) >= 11 is 0. The SMILES string of the molecule is COC(=O)C[C@@H]1O[C@@H]([C@H](O[Si](C)(C)C(C)(C)C)[C@@H](C=O)O[Si](C)(C)C(C)(C)C)C[C@H]1C. The van der Waals surface area contributed by atoms with Gasteiger partial charge in [-0.05, 0) is 48.6 Å². The first-order chi connectivity index (χ1) is 13.9. The summed E-state index contributed by atoms with van der Waals surface area (Å²) in [7, 11) is -3.04. The highest BCUT2D eigenvalue weighted by Crippen LogP contribution is 2.42. The average molecular weight is 475 g/mol. The van der Waals surface area contributed by atoms with E-state index in [1.807, 2.05) is 0 Å². The van der Waals surface area contributed by atoms with Crippen molar-refractivity contribution in [2.45, 2.75) is 122 Å². The number of aldehydes is 1. The standard InChI is InChI=1S/C23H46O6Si2/c1-16-13-18(27-17(16)14-20(25)26-8)21(29-31(11,12)23(5,6)7)19(15-24)28-30(9,10)22(2,3)4/h15-19,21H,13-14H2,1-12H3/t16-,17+,18-,19-,21+/m1/s1. The van der Waals surface area contributed by atoms with E-state index < -0.39 is 28.8 Å². The minimum Gasteiger partial charge on any atom is -0.469 e. The third-order valence-corrected chi connectivity index (χ3v) is 16.4. The Kier molecular flexibility index (Phi) is 9.33. The van der Waals surface area contributed by atoms with Crippen molar-refractivity contribution in [1.82, 2.24) is 0 Å². The predicted octanol–water partition coefficient (Wildman–Crippen LogP) is 5.32. The molecule has 5 atom stereocenters. The fourth-order valence-corrected chi connectivity index (χ4v) is 5.75. The summed E-state index contributed by atoms with van der Waals surface area (Å²) in [5.41, 5.74) is 0. The molecule has 31 heavy (non-hydrogen) atoms. The fourth-order valence-electron chi connectivity index (χ4n) is 3.20. The van der Waals surface area contributed by atoms with Gasteiger partial charge in [0, 0.05) is 0 Å². The molecule has 0 aromatic heterocycles. The molecular formula is C23H46O6Si2. The van der Waals surface area contributed by atoms with Gasteiger partial charge in [0.2, 0.25) is 0 Å². The van der Waals surface area contributed by atoms with Crippen LogP contribution in [0.4, 0.5) is 0 Å². The van der Waals surface area contributed by atoms with Gasteiger partial charge < -0.3 is 23.1 Å². The van der Waals surface area contributed by atoms with Crippen LogP contribution in [0.25, 0.3) is 0 Å². The Hall–Kier alpha value is -0.546. The molecule has 1 aliphatic rings. The average Bonchev–Trinajstić information content (AvgIpc) is 2.96. The van der Waals surface area contributed by atoms with E-state index >= 15 is 0 Å². The molecular weight excluding hydrogens is 428 g/mol. The molecule has 1 aliphatic heterocycles. The third-order valence-electron chi connectivity index (χ3n) is 7.48. The van der Waals surface area contributed by atoms with Crippen LogP contribution < -0.4 is 0 Å². The Morgan fingerprint density at radius 1 is 1.03 bits per heavy atom. The van der Waals surface area contributed by atoms with Gasteiger partial charge in [0.1, 0.15) is 18.5 Å². The number of ether oxygens (including phenoxy) is 2. The molecule has 0 saturated carbocycles. The Labute approximate surface area is 192 Å². The molecule has 0 aromatic rings. The topological polar surface area (TPSA) is 71.1 Å². The Bertz CT molecular complexity index is 621. The fraction of sp³-hybridized carbons (Fsp3) is 0.913. The Morgan fingerprint density at radius 2 is 1.52 bits per heavy atom. The number of carbonyl (C=O) groups is 2. The van der Waals surface area contributed by atoms with Gasteiger partial charge in [0.25, 0.3) is 0 Å². The summed E-state index contributed by atoms with van der Waals surface area (Å²) in [6, 6.07) is 0. The Balaban J connectivity index is 3.25. The van der Waals surface area contributed by atoms with Crippen molar-refractivity contribution in [3.63, 3.8) is 0 Å². The summed E-state index contributed by atoms with van der Waals surface area (Å²) in [6.07, 6.45) is 0.0469. The molecule has 0 bridgehead atoms. The molecule has 0 aliphatic carbocycles. The number of esters is 1. The minimum absolute atomic E-state index is 0.0225. The van der Waals surface area contributed by atoms with Gasteiger partial charge in [0.15, 0.2) is 16.6 Å². The zero-order valence-corrected chi connectivity index (χ0v) is 23.8.